The van der Waals surface area contributed by atoms with Gasteiger partial charge >= 0.3 is 186 Å². The molecular formula is C24H52MoO3S. The van der Waals surface area contributed by atoms with E-state index in [1.165, 1.54) is 25.7 Å². The summed E-state index contributed by atoms with van der Waals surface area (Å²) in [7, 11) is 6.12. The molecule has 178 valence electrons. The molecule has 0 amide bonds. The summed E-state index contributed by atoms with van der Waals surface area (Å²) in [6, 6.07) is 0. The van der Waals surface area contributed by atoms with Gasteiger partial charge in [-0.25, -0.2) is 0 Å². The van der Waals surface area contributed by atoms with Crippen molar-refractivity contribution in [3.63, 3.8) is 0 Å². The van der Waals surface area contributed by atoms with Gasteiger partial charge in [-0.2, -0.15) is 0 Å². The van der Waals surface area contributed by atoms with E-state index in [9.17, 15) is 3.40 Å². The van der Waals surface area contributed by atoms with Crippen LogP contribution in [0.2, 0.25) is 9.62 Å². The van der Waals surface area contributed by atoms with Crippen molar-refractivity contribution >= 4 is 9.82 Å². The predicted octanol–water partition coefficient (Wildman–Crippen LogP) is 9.69. The van der Waals surface area contributed by atoms with E-state index in [-0.39, 0.29) is 0 Å². The second-order valence-electron chi connectivity index (χ2n) is 8.85. The van der Waals surface area contributed by atoms with Gasteiger partial charge in [0.1, 0.15) is 0 Å². The van der Waals surface area contributed by atoms with Gasteiger partial charge in [0.05, 0.1) is 0 Å². The Bertz CT molecular complexity index is 502. The van der Waals surface area contributed by atoms with Crippen LogP contribution in [0.5, 0.6) is 0 Å². The Labute approximate surface area is 185 Å². The van der Waals surface area contributed by atoms with E-state index in [1.807, 2.05) is 0 Å². The van der Waals surface area contributed by atoms with Crippen LogP contribution >= 0.6 is 9.82 Å². The van der Waals surface area contributed by atoms with Crippen molar-refractivity contribution in [1.82, 2.24) is 0 Å². The molecule has 5 heteroatoms. The zero-order valence-corrected chi connectivity index (χ0v) is 23.0. The summed E-state index contributed by atoms with van der Waals surface area (Å²) in [5.41, 5.74) is 0. The van der Waals surface area contributed by atoms with Gasteiger partial charge in [-0.3, -0.25) is 0 Å². The fourth-order valence-electron chi connectivity index (χ4n) is 3.72. The van der Waals surface area contributed by atoms with E-state index in [1.54, 1.807) is 0 Å². The molecule has 0 aliphatic carbocycles. The Hall–Kier alpha value is 0.628. The van der Waals surface area contributed by atoms with Crippen LogP contribution in [0.15, 0.2) is 0 Å². The van der Waals surface area contributed by atoms with E-state index in [4.69, 9.17) is 16.6 Å². The van der Waals surface area contributed by atoms with E-state index in [0.717, 1.165) is 77.0 Å². The van der Waals surface area contributed by atoms with Gasteiger partial charge < -0.3 is 0 Å². The molecule has 0 rings (SSSR count). The molecule has 0 aromatic carbocycles. The van der Waals surface area contributed by atoms with Gasteiger partial charge in [-0.1, -0.05) is 0 Å². The summed E-state index contributed by atoms with van der Waals surface area (Å²) in [5, 5.41) is 0. The SMILES string of the molecule is CCCCCC[O][Mo](=[O])(=[S])([CH2]CCCCC)([CH2]CCCCC)[O]CCCCCC. The van der Waals surface area contributed by atoms with Crippen molar-refractivity contribution in [1.29, 1.82) is 0 Å². The number of hydrogen-bond acceptors (Lipinski definition) is 4. The maximum atomic E-state index is 14.8. The van der Waals surface area contributed by atoms with Crippen LogP contribution in [0.25, 0.3) is 0 Å². The first-order valence-electron chi connectivity index (χ1n) is 12.6. The third kappa shape index (κ3) is 13.6. The normalized spacial score (nSPS) is 14.6. The fraction of sp³-hybridized carbons (Fsp3) is 1.00. The van der Waals surface area contributed by atoms with E-state index in [2.05, 4.69) is 27.7 Å². The molecule has 0 aromatic rings. The van der Waals surface area contributed by atoms with Crippen LogP contribution in [-0.2, 0) is 22.6 Å². The van der Waals surface area contributed by atoms with E-state index >= 15 is 0 Å². The monoisotopic (exact) mass is 518 g/mol. The van der Waals surface area contributed by atoms with Crippen LogP contribution in [0.1, 0.15) is 130 Å². The first kappa shape index (κ1) is 29.6. The Morgan fingerprint density at radius 1 is 0.517 bits per heavy atom. The Balaban J connectivity index is 5.33. The van der Waals surface area contributed by atoms with E-state index in [0.29, 0.717) is 22.8 Å². The van der Waals surface area contributed by atoms with Crippen molar-refractivity contribution < 1.29 is 22.6 Å². The van der Waals surface area contributed by atoms with Crippen molar-refractivity contribution in [3.05, 3.63) is 0 Å². The standard InChI is InChI=1S/2C6H13O.2C6H13.Mo.O.S/c2*1-2-3-4-5-6-7;2*1-3-5-6-4-2;;;/h2*2-6H2,1H3;2*1,3-6H2,2H3;;;/q2*-1;;;+2;;. The predicted molar refractivity (Wildman–Crippen MR) is 126 cm³/mol. The molecule has 0 fully saturated rings. The molecular weight excluding hydrogens is 464 g/mol. The van der Waals surface area contributed by atoms with Gasteiger partial charge in [0, 0.05) is 0 Å². The minimum absolute atomic E-state index is 0.463. The van der Waals surface area contributed by atoms with Crippen LogP contribution in [0.3, 0.4) is 0 Å². The molecule has 0 unspecified atom stereocenters. The molecule has 0 aromatic heterocycles. The molecule has 0 aliphatic rings. The molecule has 0 heterocycles. The van der Waals surface area contributed by atoms with Crippen molar-refractivity contribution in [2.24, 2.45) is 0 Å². The third-order valence-corrected chi connectivity index (χ3v) is 18.8. The minimum atomic E-state index is -5.65. The average molecular weight is 517 g/mol. The topological polar surface area (TPSA) is 35.5 Å². The van der Waals surface area contributed by atoms with Crippen molar-refractivity contribution in [2.75, 3.05) is 13.2 Å². The molecule has 0 bridgehead atoms. The second kappa shape index (κ2) is 15.4. The van der Waals surface area contributed by atoms with Crippen LogP contribution in [0, 0.1) is 0 Å². The molecule has 3 nitrogen and oxygen atoms in total. The summed E-state index contributed by atoms with van der Waals surface area (Å²) in [4.78, 5) is 0.926. The summed E-state index contributed by atoms with van der Waals surface area (Å²) in [6.07, 6.45) is 17.3. The van der Waals surface area contributed by atoms with Gasteiger partial charge in [0.2, 0.25) is 0 Å². The Morgan fingerprint density at radius 3 is 1.14 bits per heavy atom. The Kier molecular flexibility index (Phi) is 15.8. The van der Waals surface area contributed by atoms with Crippen LogP contribution in [-0.4, -0.2) is 13.2 Å². The number of rotatable bonds is 22. The van der Waals surface area contributed by atoms with Crippen LogP contribution in [0.4, 0.5) is 0 Å². The van der Waals surface area contributed by atoms with Crippen molar-refractivity contribution in [3.8, 4) is 0 Å². The second-order valence-corrected chi connectivity index (χ2v) is 24.9. The van der Waals surface area contributed by atoms with E-state index < -0.39 is 12.5 Å². The number of hydrogen-bond donors (Lipinski definition) is 0. The third-order valence-electron chi connectivity index (χ3n) is 5.74. The van der Waals surface area contributed by atoms with Gasteiger partial charge in [-0.15, -0.1) is 0 Å². The first-order valence-corrected chi connectivity index (χ1v) is 20.7. The first-order chi connectivity index (χ1) is 13.8. The van der Waals surface area contributed by atoms with Gasteiger partial charge in [0.25, 0.3) is 0 Å². The molecule has 0 atom stereocenters. The summed E-state index contributed by atoms with van der Waals surface area (Å²) < 4.78 is 27.5. The average Bonchev–Trinajstić information content (AvgIpc) is 2.69. The molecule has 29 heavy (non-hydrogen) atoms. The maximum absolute atomic E-state index is 14.8. The van der Waals surface area contributed by atoms with Gasteiger partial charge in [-0.05, 0) is 0 Å². The van der Waals surface area contributed by atoms with Crippen molar-refractivity contribution in [2.45, 2.75) is 140 Å². The summed E-state index contributed by atoms with van der Waals surface area (Å²) in [5.74, 6) is 0. The molecule has 0 N–H and O–H groups in total. The molecule has 0 saturated carbocycles. The quantitative estimate of drug-likeness (QED) is 0.106. The molecule has 0 radical (unpaired) electrons. The molecule has 0 spiro atoms. The summed E-state index contributed by atoms with van der Waals surface area (Å²) >= 11 is -5.65. The summed E-state index contributed by atoms with van der Waals surface area (Å²) in [6.45, 7) is 9.79. The molecule has 0 aliphatic heterocycles. The Morgan fingerprint density at radius 2 is 0.828 bits per heavy atom. The van der Waals surface area contributed by atoms with Gasteiger partial charge in [0.15, 0.2) is 0 Å². The molecule has 0 saturated heterocycles. The van der Waals surface area contributed by atoms with Crippen LogP contribution < -0.4 is 0 Å². The number of unbranched alkanes of at least 4 members (excludes halogenated alkanes) is 12. The zero-order chi connectivity index (χ0) is 22.0. The fourth-order valence-corrected chi connectivity index (χ4v) is 14.8. The zero-order valence-electron chi connectivity index (χ0n) is 20.2.